The normalized spacial score (nSPS) is 27.3. The summed E-state index contributed by atoms with van der Waals surface area (Å²) in [7, 11) is -4.23. The zero-order valence-corrected chi connectivity index (χ0v) is 10.8. The van der Waals surface area contributed by atoms with Crippen molar-refractivity contribution < 1.29 is 26.7 Å². The third-order valence-corrected chi connectivity index (χ3v) is 5.10. The Labute approximate surface area is 108 Å². The first-order valence-electron chi connectivity index (χ1n) is 5.42. The van der Waals surface area contributed by atoms with Gasteiger partial charge in [0.05, 0.1) is 11.5 Å². The van der Waals surface area contributed by atoms with Crippen molar-refractivity contribution in [1.29, 1.82) is 0 Å². The van der Waals surface area contributed by atoms with E-state index in [1.54, 1.807) is 6.92 Å². The van der Waals surface area contributed by atoms with Gasteiger partial charge in [0, 0.05) is 6.54 Å². The second-order valence-electron chi connectivity index (χ2n) is 4.51. The van der Waals surface area contributed by atoms with Gasteiger partial charge in [-0.15, -0.1) is 0 Å². The minimum atomic E-state index is -4.79. The summed E-state index contributed by atoms with van der Waals surface area (Å²) in [4.78, 5) is -0.210. The van der Waals surface area contributed by atoms with Crippen LogP contribution in [-0.2, 0) is 10.0 Å². The van der Waals surface area contributed by atoms with Gasteiger partial charge in [0.2, 0.25) is 10.0 Å². The van der Waals surface area contributed by atoms with E-state index >= 15 is 0 Å². The third-order valence-electron chi connectivity index (χ3n) is 3.18. The Balaban J connectivity index is 2.36. The summed E-state index contributed by atoms with van der Waals surface area (Å²) in [6.07, 6.45) is -4.79. The average Bonchev–Trinajstić information content (AvgIpc) is 3.05. The maximum absolute atomic E-state index is 12.8. The minimum Gasteiger partial charge on any atom is -0.394 e. The van der Waals surface area contributed by atoms with Crippen LogP contribution in [0.1, 0.15) is 5.56 Å². The van der Waals surface area contributed by atoms with Crippen LogP contribution in [0.2, 0.25) is 0 Å². The van der Waals surface area contributed by atoms with E-state index in [1.807, 2.05) is 0 Å². The van der Waals surface area contributed by atoms with Crippen LogP contribution in [0.3, 0.4) is 0 Å². The Hall–Kier alpha value is -1.12. The SMILES string of the molecule is Cc1ccc(S(=O)(=O)N2CC2(CO)C(F)(F)F)cc1. The van der Waals surface area contributed by atoms with E-state index < -0.39 is 34.9 Å². The van der Waals surface area contributed by atoms with Crippen LogP contribution in [0.15, 0.2) is 29.2 Å². The summed E-state index contributed by atoms with van der Waals surface area (Å²) in [5, 5.41) is 8.89. The number of alkyl halides is 3. The smallest absolute Gasteiger partial charge is 0.394 e. The number of sulfonamides is 1. The maximum atomic E-state index is 12.8. The van der Waals surface area contributed by atoms with Crippen LogP contribution >= 0.6 is 0 Å². The lowest BCUT2D eigenvalue weighted by atomic mass is 10.2. The van der Waals surface area contributed by atoms with Gasteiger partial charge in [0.1, 0.15) is 0 Å². The first kappa shape index (κ1) is 14.3. The van der Waals surface area contributed by atoms with Crippen molar-refractivity contribution in [1.82, 2.24) is 4.31 Å². The Kier molecular flexibility index (Phi) is 3.15. The largest absolute Gasteiger partial charge is 0.411 e. The molecule has 1 fully saturated rings. The van der Waals surface area contributed by atoms with Crippen molar-refractivity contribution >= 4 is 10.0 Å². The number of halogens is 3. The van der Waals surface area contributed by atoms with Gasteiger partial charge in [0.25, 0.3) is 0 Å². The van der Waals surface area contributed by atoms with Crippen LogP contribution in [0.4, 0.5) is 13.2 Å². The van der Waals surface area contributed by atoms with E-state index in [1.165, 1.54) is 24.3 Å². The Bertz CT molecular complexity index is 582. The first-order chi connectivity index (χ1) is 8.65. The molecule has 2 unspecified atom stereocenters. The quantitative estimate of drug-likeness (QED) is 0.855. The van der Waals surface area contributed by atoms with Crippen molar-refractivity contribution in [2.24, 2.45) is 0 Å². The van der Waals surface area contributed by atoms with E-state index in [9.17, 15) is 21.6 Å². The molecule has 0 amide bonds. The van der Waals surface area contributed by atoms with Gasteiger partial charge >= 0.3 is 6.18 Å². The molecule has 1 heterocycles. The van der Waals surface area contributed by atoms with Gasteiger partial charge < -0.3 is 5.11 Å². The molecule has 4 nitrogen and oxygen atoms in total. The highest BCUT2D eigenvalue weighted by Crippen LogP contribution is 2.49. The van der Waals surface area contributed by atoms with E-state index in [4.69, 9.17) is 5.11 Å². The molecule has 0 radical (unpaired) electrons. The Morgan fingerprint density at radius 3 is 2.21 bits per heavy atom. The predicted octanol–water partition coefficient (Wildman–Crippen LogP) is 1.29. The van der Waals surface area contributed by atoms with E-state index in [-0.39, 0.29) is 9.20 Å². The van der Waals surface area contributed by atoms with Gasteiger partial charge in [-0.25, -0.2) is 8.42 Å². The van der Waals surface area contributed by atoms with Crippen molar-refractivity contribution in [2.75, 3.05) is 13.2 Å². The van der Waals surface area contributed by atoms with Gasteiger partial charge in [-0.05, 0) is 19.1 Å². The summed E-state index contributed by atoms with van der Waals surface area (Å²) in [5.41, 5.74) is -1.87. The number of benzene rings is 1. The number of hydrogen-bond acceptors (Lipinski definition) is 3. The van der Waals surface area contributed by atoms with Gasteiger partial charge in [-0.2, -0.15) is 17.5 Å². The summed E-state index contributed by atoms with van der Waals surface area (Å²) >= 11 is 0. The van der Waals surface area contributed by atoms with Crippen LogP contribution < -0.4 is 0 Å². The molecule has 1 saturated heterocycles. The number of hydrogen-bond donors (Lipinski definition) is 1. The standard InChI is InChI=1S/C11H12F3NO3S/c1-8-2-4-9(5-3-8)19(17,18)15-6-10(15,7-16)11(12,13)14/h2-5,16H,6-7H2,1H3. The Morgan fingerprint density at radius 1 is 1.32 bits per heavy atom. The fourth-order valence-corrected chi connectivity index (χ4v) is 3.54. The molecule has 0 bridgehead atoms. The molecular weight excluding hydrogens is 283 g/mol. The van der Waals surface area contributed by atoms with Crippen molar-refractivity contribution in [2.45, 2.75) is 23.5 Å². The highest BCUT2D eigenvalue weighted by Gasteiger charge is 2.73. The van der Waals surface area contributed by atoms with Gasteiger partial charge in [0.15, 0.2) is 5.54 Å². The lowest BCUT2D eigenvalue weighted by Crippen LogP contribution is -2.41. The highest BCUT2D eigenvalue weighted by atomic mass is 32.2. The Morgan fingerprint density at radius 2 is 1.84 bits per heavy atom. The molecule has 1 N–H and O–H groups in total. The maximum Gasteiger partial charge on any atom is 0.411 e. The number of aryl methyl sites for hydroxylation is 1. The molecule has 106 valence electrons. The number of aliphatic hydroxyl groups excluding tert-OH is 1. The predicted molar refractivity (Wildman–Crippen MR) is 60.9 cm³/mol. The summed E-state index contributed by atoms with van der Waals surface area (Å²) in [5.74, 6) is 0. The summed E-state index contributed by atoms with van der Waals surface area (Å²) in [6.45, 7) is -0.285. The zero-order valence-electron chi connectivity index (χ0n) is 9.98. The molecule has 0 spiro atoms. The topological polar surface area (TPSA) is 57.4 Å². The van der Waals surface area contributed by atoms with E-state index in [0.717, 1.165) is 5.56 Å². The molecule has 1 aliphatic rings. The molecule has 19 heavy (non-hydrogen) atoms. The van der Waals surface area contributed by atoms with Crippen molar-refractivity contribution in [3.05, 3.63) is 29.8 Å². The zero-order chi connectivity index (χ0) is 14.5. The number of nitrogens with zero attached hydrogens (tertiary/aromatic N) is 1. The van der Waals surface area contributed by atoms with Crippen molar-refractivity contribution in [3.8, 4) is 0 Å². The molecule has 0 aliphatic carbocycles. The monoisotopic (exact) mass is 295 g/mol. The lowest BCUT2D eigenvalue weighted by molar-refractivity contribution is -0.174. The van der Waals surface area contributed by atoms with Gasteiger partial charge in [-0.3, -0.25) is 0 Å². The van der Waals surface area contributed by atoms with E-state index in [2.05, 4.69) is 0 Å². The molecule has 0 saturated carbocycles. The lowest BCUT2D eigenvalue weighted by Gasteiger charge is -2.18. The minimum absolute atomic E-state index is 0.210. The fraction of sp³-hybridized carbons (Fsp3) is 0.455. The third kappa shape index (κ3) is 2.13. The molecule has 1 aliphatic heterocycles. The molecule has 0 aromatic heterocycles. The van der Waals surface area contributed by atoms with Crippen LogP contribution in [-0.4, -0.2) is 42.7 Å². The molecule has 8 heteroatoms. The van der Waals surface area contributed by atoms with Crippen LogP contribution in [0.25, 0.3) is 0 Å². The molecule has 2 rings (SSSR count). The van der Waals surface area contributed by atoms with Crippen LogP contribution in [0, 0.1) is 6.92 Å². The number of rotatable bonds is 3. The summed E-state index contributed by atoms with van der Waals surface area (Å²) < 4.78 is 62.7. The first-order valence-corrected chi connectivity index (χ1v) is 6.86. The second-order valence-corrected chi connectivity index (χ2v) is 6.37. The van der Waals surface area contributed by atoms with Crippen LogP contribution in [0.5, 0.6) is 0 Å². The highest BCUT2D eigenvalue weighted by molar-refractivity contribution is 7.89. The molecular formula is C11H12F3NO3S. The molecule has 1 aromatic rings. The molecule has 1 aromatic carbocycles. The second kappa shape index (κ2) is 4.19. The fourth-order valence-electron chi connectivity index (χ4n) is 1.80. The van der Waals surface area contributed by atoms with Gasteiger partial charge in [-0.1, -0.05) is 17.7 Å². The van der Waals surface area contributed by atoms with E-state index in [0.29, 0.717) is 0 Å². The average molecular weight is 295 g/mol. The summed E-state index contributed by atoms with van der Waals surface area (Å²) in [6, 6.07) is 5.51. The van der Waals surface area contributed by atoms with Crippen molar-refractivity contribution in [3.63, 3.8) is 0 Å². The number of aliphatic hydroxyl groups is 1. The molecule has 2 atom stereocenters.